The number of nitrogens with two attached hydrogens (primary N) is 1. The Balaban J connectivity index is 3.09. The van der Waals surface area contributed by atoms with Crippen molar-refractivity contribution in [1.82, 2.24) is 0 Å². The van der Waals surface area contributed by atoms with Crippen LogP contribution >= 0.6 is 0 Å². The van der Waals surface area contributed by atoms with Crippen molar-refractivity contribution in [3.8, 4) is 0 Å². The molecule has 1 rings (SSSR count). The van der Waals surface area contributed by atoms with Gasteiger partial charge in [-0.1, -0.05) is 0 Å². The smallest absolute Gasteiger partial charge is 0.341 e. The zero-order valence-electron chi connectivity index (χ0n) is 11.2. The third-order valence-electron chi connectivity index (χ3n) is 2.30. The first-order valence-electron chi connectivity index (χ1n) is 5.73. The number of aromatic carboxylic acids is 1. The Labute approximate surface area is 114 Å². The molecule has 0 aromatic heterocycles. The first kappa shape index (κ1) is 16.0. The van der Waals surface area contributed by atoms with Gasteiger partial charge in [0.1, 0.15) is 28.8 Å². The van der Waals surface area contributed by atoms with Crippen LogP contribution in [-0.4, -0.2) is 22.6 Å². The lowest BCUT2D eigenvalue weighted by Crippen LogP contribution is -2.31. The molecule has 1 aromatic carbocycles. The number of rotatable bonds is 3. The second-order valence-electron chi connectivity index (χ2n) is 5.18. The fraction of sp³-hybridized carbons (Fsp3) is 0.385. The number of carboxylic acid groups (broad SMARTS) is 1. The summed E-state index contributed by atoms with van der Waals surface area (Å²) in [4.78, 5) is 22.3. The van der Waals surface area contributed by atoms with E-state index in [0.29, 0.717) is 12.1 Å². The zero-order chi connectivity index (χ0) is 15.7. The second-order valence-corrected chi connectivity index (χ2v) is 5.18. The standard InChI is InChI=1S/C13H15F2NO4/c1-13(2,3)20-12(19)10(16)6-4-7(14)9(11(17)18)8(15)5-6/h4-5,10H,16H2,1-3H3,(H,17,18). The van der Waals surface area contributed by atoms with Crippen LogP contribution < -0.4 is 5.73 Å². The molecule has 0 saturated heterocycles. The summed E-state index contributed by atoms with van der Waals surface area (Å²) >= 11 is 0. The van der Waals surface area contributed by atoms with Gasteiger partial charge in [-0.15, -0.1) is 0 Å². The molecule has 7 heteroatoms. The van der Waals surface area contributed by atoms with E-state index in [1.807, 2.05) is 0 Å². The molecule has 0 amide bonds. The SMILES string of the molecule is CC(C)(C)OC(=O)C(N)c1cc(F)c(C(=O)O)c(F)c1. The van der Waals surface area contributed by atoms with E-state index >= 15 is 0 Å². The van der Waals surface area contributed by atoms with Gasteiger partial charge in [0.05, 0.1) is 0 Å². The van der Waals surface area contributed by atoms with Crippen LogP contribution in [0.2, 0.25) is 0 Å². The van der Waals surface area contributed by atoms with Crippen molar-refractivity contribution >= 4 is 11.9 Å². The van der Waals surface area contributed by atoms with Crippen molar-refractivity contribution in [3.05, 3.63) is 34.9 Å². The summed E-state index contributed by atoms with van der Waals surface area (Å²) in [5.41, 5.74) is 3.47. The molecule has 110 valence electrons. The molecule has 0 spiro atoms. The number of carbonyl (C=O) groups excluding carboxylic acids is 1. The third-order valence-corrected chi connectivity index (χ3v) is 2.30. The van der Waals surface area contributed by atoms with Crippen molar-refractivity contribution in [2.75, 3.05) is 0 Å². The summed E-state index contributed by atoms with van der Waals surface area (Å²) in [6.07, 6.45) is 0. The molecule has 0 radical (unpaired) electrons. The van der Waals surface area contributed by atoms with Gasteiger partial charge < -0.3 is 15.6 Å². The molecule has 1 unspecified atom stereocenters. The Morgan fingerprint density at radius 1 is 1.25 bits per heavy atom. The zero-order valence-corrected chi connectivity index (χ0v) is 11.2. The maximum Gasteiger partial charge on any atom is 0.341 e. The van der Waals surface area contributed by atoms with Crippen LogP contribution in [0.25, 0.3) is 0 Å². The van der Waals surface area contributed by atoms with E-state index in [1.165, 1.54) is 0 Å². The maximum absolute atomic E-state index is 13.5. The van der Waals surface area contributed by atoms with Gasteiger partial charge in [0.15, 0.2) is 0 Å². The number of carbonyl (C=O) groups is 2. The number of benzene rings is 1. The fourth-order valence-electron chi connectivity index (χ4n) is 1.48. The van der Waals surface area contributed by atoms with E-state index in [9.17, 15) is 18.4 Å². The van der Waals surface area contributed by atoms with Crippen molar-refractivity contribution in [2.24, 2.45) is 5.73 Å². The first-order chi connectivity index (χ1) is 9.03. The van der Waals surface area contributed by atoms with Crippen molar-refractivity contribution < 1.29 is 28.2 Å². The average Bonchev–Trinajstić information content (AvgIpc) is 2.23. The lowest BCUT2D eigenvalue weighted by atomic mass is 10.0. The summed E-state index contributed by atoms with van der Waals surface area (Å²) in [7, 11) is 0. The highest BCUT2D eigenvalue weighted by atomic mass is 19.1. The van der Waals surface area contributed by atoms with E-state index in [-0.39, 0.29) is 5.56 Å². The van der Waals surface area contributed by atoms with Gasteiger partial charge in [-0.25, -0.2) is 18.4 Å². The van der Waals surface area contributed by atoms with Gasteiger partial charge in [-0.05, 0) is 38.5 Å². The summed E-state index contributed by atoms with van der Waals surface area (Å²) in [6.45, 7) is 4.85. The van der Waals surface area contributed by atoms with Crippen molar-refractivity contribution in [2.45, 2.75) is 32.4 Å². The number of hydrogen-bond acceptors (Lipinski definition) is 4. The number of carboxylic acids is 1. The van der Waals surface area contributed by atoms with Crippen LogP contribution in [0.3, 0.4) is 0 Å². The topological polar surface area (TPSA) is 89.6 Å². The highest BCUT2D eigenvalue weighted by Gasteiger charge is 2.26. The second kappa shape index (κ2) is 5.54. The molecule has 1 atom stereocenters. The van der Waals surface area contributed by atoms with Gasteiger partial charge in [0.2, 0.25) is 0 Å². The Morgan fingerprint density at radius 2 is 1.70 bits per heavy atom. The lowest BCUT2D eigenvalue weighted by Gasteiger charge is -2.22. The van der Waals surface area contributed by atoms with Crippen LogP contribution in [-0.2, 0) is 9.53 Å². The monoisotopic (exact) mass is 287 g/mol. The Morgan fingerprint density at radius 3 is 2.05 bits per heavy atom. The average molecular weight is 287 g/mol. The molecule has 3 N–H and O–H groups in total. The minimum absolute atomic E-state index is 0.195. The number of halogens is 2. The molecular formula is C13H15F2NO4. The Kier molecular flexibility index (Phi) is 4.44. The van der Waals surface area contributed by atoms with Gasteiger partial charge in [0.25, 0.3) is 0 Å². The van der Waals surface area contributed by atoms with Gasteiger partial charge in [-0.3, -0.25) is 0 Å². The van der Waals surface area contributed by atoms with E-state index < -0.39 is 40.8 Å². The molecule has 5 nitrogen and oxygen atoms in total. The van der Waals surface area contributed by atoms with Crippen molar-refractivity contribution in [3.63, 3.8) is 0 Å². The maximum atomic E-state index is 13.5. The first-order valence-corrected chi connectivity index (χ1v) is 5.73. The van der Waals surface area contributed by atoms with Crippen LogP contribution in [0.5, 0.6) is 0 Å². The molecule has 0 aliphatic carbocycles. The highest BCUT2D eigenvalue weighted by Crippen LogP contribution is 2.21. The molecule has 1 aromatic rings. The van der Waals surface area contributed by atoms with Crippen LogP contribution in [0.4, 0.5) is 8.78 Å². The lowest BCUT2D eigenvalue weighted by molar-refractivity contribution is -0.156. The van der Waals surface area contributed by atoms with E-state index in [2.05, 4.69) is 0 Å². The minimum atomic E-state index is -1.74. The van der Waals surface area contributed by atoms with Crippen LogP contribution in [0, 0.1) is 11.6 Å². The number of ether oxygens (including phenoxy) is 1. The van der Waals surface area contributed by atoms with Gasteiger partial charge in [-0.2, -0.15) is 0 Å². The Hall–Kier alpha value is -2.02. The van der Waals surface area contributed by atoms with E-state index in [0.717, 1.165) is 0 Å². The van der Waals surface area contributed by atoms with Gasteiger partial charge in [0, 0.05) is 0 Å². The molecule has 0 fully saturated rings. The quantitative estimate of drug-likeness (QED) is 0.830. The largest absolute Gasteiger partial charge is 0.477 e. The van der Waals surface area contributed by atoms with E-state index in [4.69, 9.17) is 15.6 Å². The van der Waals surface area contributed by atoms with Crippen LogP contribution in [0.15, 0.2) is 12.1 Å². The molecule has 0 aliphatic heterocycles. The van der Waals surface area contributed by atoms with Crippen LogP contribution in [0.1, 0.15) is 42.7 Å². The van der Waals surface area contributed by atoms with Gasteiger partial charge >= 0.3 is 11.9 Å². The summed E-state index contributed by atoms with van der Waals surface area (Å²) in [5.74, 6) is -5.20. The molecule has 0 aliphatic rings. The number of esters is 1. The molecule has 0 bridgehead atoms. The molecular weight excluding hydrogens is 272 g/mol. The fourth-order valence-corrected chi connectivity index (χ4v) is 1.48. The van der Waals surface area contributed by atoms with E-state index in [1.54, 1.807) is 20.8 Å². The molecule has 20 heavy (non-hydrogen) atoms. The predicted molar refractivity (Wildman–Crippen MR) is 66.1 cm³/mol. The Bertz CT molecular complexity index is 529. The normalized spacial score (nSPS) is 12.9. The molecule has 0 heterocycles. The highest BCUT2D eigenvalue weighted by molar-refractivity contribution is 5.88. The summed E-state index contributed by atoms with van der Waals surface area (Å²) in [6, 6.07) is 0.0171. The summed E-state index contributed by atoms with van der Waals surface area (Å²) in [5, 5.41) is 8.64. The molecule has 0 saturated carbocycles. The third kappa shape index (κ3) is 3.74. The number of hydrogen-bond donors (Lipinski definition) is 2. The predicted octanol–water partition coefficient (Wildman–Crippen LogP) is 2.00. The van der Waals surface area contributed by atoms with Crippen molar-refractivity contribution in [1.29, 1.82) is 0 Å². The minimum Gasteiger partial charge on any atom is -0.477 e. The summed E-state index contributed by atoms with van der Waals surface area (Å²) < 4.78 is 32.0.